The Kier molecular flexibility index (Phi) is 12.6. The standard InChI is InChI=1S/C16H35N3O5S/c1-2-3-4-5-6-7-16-25(21,22)19(12-15-24-17-20)9-8-18-10-13-23-14-11-18/h17,20H,2-16H2,1H3. The number of unbranched alkanes of at least 4 members (excludes halogenated alkanes) is 5. The number of ether oxygens (including phenoxy) is 1. The van der Waals surface area contributed by atoms with Crippen LogP contribution in [-0.4, -0.2) is 81.1 Å². The van der Waals surface area contributed by atoms with Gasteiger partial charge in [0.15, 0.2) is 0 Å². The predicted molar refractivity (Wildman–Crippen MR) is 96.9 cm³/mol. The molecule has 150 valence electrons. The average molecular weight is 382 g/mol. The summed E-state index contributed by atoms with van der Waals surface area (Å²) >= 11 is 0. The van der Waals surface area contributed by atoms with Gasteiger partial charge in [-0.25, -0.2) is 8.42 Å². The highest BCUT2D eigenvalue weighted by atomic mass is 32.2. The van der Waals surface area contributed by atoms with Crippen molar-refractivity contribution in [3.63, 3.8) is 0 Å². The molecule has 0 atom stereocenters. The van der Waals surface area contributed by atoms with Crippen LogP contribution in [0.5, 0.6) is 0 Å². The van der Waals surface area contributed by atoms with E-state index in [0.717, 1.165) is 25.9 Å². The summed E-state index contributed by atoms with van der Waals surface area (Å²) < 4.78 is 32.1. The van der Waals surface area contributed by atoms with E-state index in [1.807, 2.05) is 0 Å². The summed E-state index contributed by atoms with van der Waals surface area (Å²) in [6.07, 6.45) is 6.31. The number of nitrogens with zero attached hydrogens (tertiary/aromatic N) is 2. The van der Waals surface area contributed by atoms with E-state index >= 15 is 0 Å². The molecular weight excluding hydrogens is 346 g/mol. The zero-order valence-corrected chi connectivity index (χ0v) is 16.3. The third-order valence-electron chi connectivity index (χ3n) is 4.43. The molecule has 0 unspecified atom stereocenters. The van der Waals surface area contributed by atoms with E-state index in [-0.39, 0.29) is 18.9 Å². The Morgan fingerprint density at radius 3 is 2.48 bits per heavy atom. The lowest BCUT2D eigenvalue weighted by molar-refractivity contribution is -0.127. The molecule has 8 nitrogen and oxygen atoms in total. The largest absolute Gasteiger partial charge is 0.379 e. The number of rotatable bonds is 15. The summed E-state index contributed by atoms with van der Waals surface area (Å²) in [7, 11) is -3.31. The zero-order chi connectivity index (χ0) is 18.4. The molecule has 1 heterocycles. The van der Waals surface area contributed by atoms with Crippen molar-refractivity contribution < 1.29 is 23.2 Å². The summed E-state index contributed by atoms with van der Waals surface area (Å²) in [6, 6.07) is 0. The topological polar surface area (TPSA) is 91.3 Å². The summed E-state index contributed by atoms with van der Waals surface area (Å²) in [6.45, 7) is 6.69. The smallest absolute Gasteiger partial charge is 0.214 e. The van der Waals surface area contributed by atoms with E-state index in [1.165, 1.54) is 23.6 Å². The lowest BCUT2D eigenvalue weighted by atomic mass is 10.1. The van der Waals surface area contributed by atoms with Crippen LogP contribution in [0.1, 0.15) is 45.4 Å². The van der Waals surface area contributed by atoms with Gasteiger partial charge >= 0.3 is 0 Å². The normalized spacial score (nSPS) is 16.6. The van der Waals surface area contributed by atoms with E-state index in [9.17, 15) is 8.42 Å². The van der Waals surface area contributed by atoms with Crippen LogP contribution < -0.4 is 5.64 Å². The maximum absolute atomic E-state index is 12.6. The number of nitrogens with one attached hydrogen (secondary N) is 1. The monoisotopic (exact) mass is 381 g/mol. The van der Waals surface area contributed by atoms with Gasteiger partial charge in [0, 0.05) is 32.7 Å². The summed E-state index contributed by atoms with van der Waals surface area (Å²) in [5.41, 5.74) is 1.60. The maximum Gasteiger partial charge on any atom is 0.214 e. The van der Waals surface area contributed by atoms with E-state index in [4.69, 9.17) is 9.94 Å². The van der Waals surface area contributed by atoms with Crippen LogP contribution in [0.3, 0.4) is 0 Å². The third-order valence-corrected chi connectivity index (χ3v) is 6.38. The van der Waals surface area contributed by atoms with Crippen molar-refractivity contribution >= 4 is 10.0 Å². The van der Waals surface area contributed by atoms with Crippen LogP contribution in [0, 0.1) is 0 Å². The van der Waals surface area contributed by atoms with Crippen molar-refractivity contribution in [3.05, 3.63) is 0 Å². The Morgan fingerprint density at radius 1 is 1.12 bits per heavy atom. The SMILES string of the molecule is CCCCCCCCS(=O)(=O)N(CCONO)CCN1CCOCC1. The summed E-state index contributed by atoms with van der Waals surface area (Å²) in [5, 5.41) is 8.50. The fourth-order valence-corrected chi connectivity index (χ4v) is 4.39. The molecule has 0 aliphatic carbocycles. The maximum atomic E-state index is 12.6. The van der Waals surface area contributed by atoms with Crippen LogP contribution in [0.2, 0.25) is 0 Å². The van der Waals surface area contributed by atoms with Gasteiger partial charge in [0.2, 0.25) is 10.0 Å². The van der Waals surface area contributed by atoms with Gasteiger partial charge in [-0.2, -0.15) is 4.31 Å². The van der Waals surface area contributed by atoms with Crippen molar-refractivity contribution in [1.29, 1.82) is 0 Å². The van der Waals surface area contributed by atoms with Crippen molar-refractivity contribution in [1.82, 2.24) is 14.8 Å². The molecule has 0 saturated carbocycles. The molecule has 0 bridgehead atoms. The van der Waals surface area contributed by atoms with E-state index < -0.39 is 10.0 Å². The molecule has 0 aromatic heterocycles. The van der Waals surface area contributed by atoms with Crippen molar-refractivity contribution in [2.24, 2.45) is 0 Å². The van der Waals surface area contributed by atoms with Crippen LogP contribution >= 0.6 is 0 Å². The van der Waals surface area contributed by atoms with E-state index in [2.05, 4.69) is 16.7 Å². The van der Waals surface area contributed by atoms with Crippen LogP contribution in [0.4, 0.5) is 0 Å². The molecule has 1 aliphatic heterocycles. The molecule has 0 amide bonds. The number of hydrogen-bond donors (Lipinski definition) is 2. The van der Waals surface area contributed by atoms with Crippen molar-refractivity contribution in [2.75, 3.05) is 58.3 Å². The summed E-state index contributed by atoms with van der Waals surface area (Å²) in [5.74, 6) is 0.175. The van der Waals surface area contributed by atoms with Gasteiger partial charge < -0.3 is 4.74 Å². The first-order valence-electron chi connectivity index (χ1n) is 9.39. The highest BCUT2D eigenvalue weighted by Crippen LogP contribution is 2.10. The van der Waals surface area contributed by atoms with Crippen molar-refractivity contribution in [3.8, 4) is 0 Å². The molecular formula is C16H35N3O5S. The molecule has 0 aromatic rings. The van der Waals surface area contributed by atoms with Gasteiger partial charge in [0.25, 0.3) is 0 Å². The Balaban J connectivity index is 2.41. The van der Waals surface area contributed by atoms with Gasteiger partial charge in [0.05, 0.1) is 25.6 Å². The van der Waals surface area contributed by atoms with Crippen LogP contribution in [0.25, 0.3) is 0 Å². The molecule has 0 spiro atoms. The predicted octanol–water partition coefficient (Wildman–Crippen LogP) is 1.22. The number of hydrogen-bond acceptors (Lipinski definition) is 7. The highest BCUT2D eigenvalue weighted by Gasteiger charge is 2.22. The second-order valence-corrected chi connectivity index (χ2v) is 8.47. The Bertz CT molecular complexity index is 416. The first kappa shape index (κ1) is 22.8. The molecule has 1 saturated heterocycles. The minimum absolute atomic E-state index is 0.106. The quantitative estimate of drug-likeness (QED) is 0.325. The van der Waals surface area contributed by atoms with Crippen LogP contribution in [0.15, 0.2) is 0 Å². The molecule has 1 fully saturated rings. The number of sulfonamides is 1. The van der Waals surface area contributed by atoms with Crippen molar-refractivity contribution in [2.45, 2.75) is 45.4 Å². The minimum atomic E-state index is -3.31. The lowest BCUT2D eigenvalue weighted by Crippen LogP contribution is -2.44. The highest BCUT2D eigenvalue weighted by molar-refractivity contribution is 7.89. The second-order valence-electron chi connectivity index (χ2n) is 6.38. The molecule has 2 N–H and O–H groups in total. The fourth-order valence-electron chi connectivity index (χ4n) is 2.85. The lowest BCUT2D eigenvalue weighted by Gasteiger charge is -2.29. The van der Waals surface area contributed by atoms with Gasteiger partial charge in [-0.3, -0.25) is 14.9 Å². The van der Waals surface area contributed by atoms with Gasteiger partial charge in [-0.15, -0.1) is 0 Å². The second kappa shape index (κ2) is 13.9. The third kappa shape index (κ3) is 10.4. The van der Waals surface area contributed by atoms with Gasteiger partial charge in [-0.05, 0) is 6.42 Å². The first-order valence-corrected chi connectivity index (χ1v) is 11.0. The zero-order valence-electron chi connectivity index (χ0n) is 15.5. The summed E-state index contributed by atoms with van der Waals surface area (Å²) in [4.78, 5) is 6.90. The molecule has 0 radical (unpaired) electrons. The average Bonchev–Trinajstić information content (AvgIpc) is 2.61. The molecule has 9 heteroatoms. The van der Waals surface area contributed by atoms with E-state index in [0.29, 0.717) is 32.7 Å². The Morgan fingerprint density at radius 2 is 1.80 bits per heavy atom. The molecule has 0 aromatic carbocycles. The van der Waals surface area contributed by atoms with Gasteiger partial charge in [0.1, 0.15) is 0 Å². The van der Waals surface area contributed by atoms with Gasteiger partial charge in [-0.1, -0.05) is 44.7 Å². The fraction of sp³-hybridized carbons (Fsp3) is 1.00. The Hall–Kier alpha value is -0.290. The Labute approximate surface area is 152 Å². The van der Waals surface area contributed by atoms with Crippen LogP contribution in [-0.2, 0) is 19.6 Å². The molecule has 1 rings (SSSR count). The first-order chi connectivity index (χ1) is 12.1. The molecule has 1 aliphatic rings. The van der Waals surface area contributed by atoms with E-state index in [1.54, 1.807) is 5.64 Å². The minimum Gasteiger partial charge on any atom is -0.379 e. The number of morpholine rings is 1. The molecule has 25 heavy (non-hydrogen) atoms.